The maximum atomic E-state index is 12.9. The first-order chi connectivity index (χ1) is 13.4. The summed E-state index contributed by atoms with van der Waals surface area (Å²) in [5, 5.41) is 17.2. The van der Waals surface area contributed by atoms with Gasteiger partial charge >= 0.3 is 5.97 Å². The number of H-pyrrole nitrogens is 1. The zero-order valence-corrected chi connectivity index (χ0v) is 15.6. The van der Waals surface area contributed by atoms with E-state index in [2.05, 4.69) is 22.3 Å². The average molecular weight is 382 g/mol. The number of hydrogen-bond donors (Lipinski definition) is 3. The van der Waals surface area contributed by atoms with Gasteiger partial charge in [0.15, 0.2) is 0 Å². The molecule has 0 bridgehead atoms. The molecule has 0 unspecified atom stereocenters. The maximum Gasteiger partial charge on any atom is 0.329 e. The van der Waals surface area contributed by atoms with Gasteiger partial charge in [0.05, 0.1) is 17.1 Å². The lowest BCUT2D eigenvalue weighted by atomic mass is 9.75. The number of benzene rings is 1. The molecule has 8 heteroatoms. The standard InChI is InChI=1S/C20H22N4O4/c1-2-12-7-9-20(10-8-12,19(27)28)23-18(26)14-11-21-24-15-6-4-3-5-13(15)17(25)22-16(14)24/h3-6,11-12H,2,7-10H2,1H3,(H,22,25)(H,23,26)(H,27,28). The normalized spacial score (nSPS) is 22.4. The number of carboxylic acid groups (broad SMARTS) is 1. The Morgan fingerprint density at radius 2 is 2.04 bits per heavy atom. The zero-order chi connectivity index (χ0) is 19.9. The SMILES string of the molecule is CCC1CCC(NC(=O)c2cnn3c2[nH]c(=O)c2ccccc23)(C(=O)O)CC1. The van der Waals surface area contributed by atoms with Crippen LogP contribution in [0.4, 0.5) is 0 Å². The molecule has 0 radical (unpaired) electrons. The van der Waals surface area contributed by atoms with E-state index in [1.807, 2.05) is 0 Å². The van der Waals surface area contributed by atoms with Crippen molar-refractivity contribution in [2.45, 2.75) is 44.6 Å². The van der Waals surface area contributed by atoms with Crippen LogP contribution in [-0.4, -0.2) is 37.1 Å². The van der Waals surface area contributed by atoms with Crippen LogP contribution in [0.25, 0.3) is 16.6 Å². The molecule has 1 fully saturated rings. The summed E-state index contributed by atoms with van der Waals surface area (Å²) in [4.78, 5) is 40.0. The molecule has 146 valence electrons. The second-order valence-electron chi connectivity index (χ2n) is 7.48. The van der Waals surface area contributed by atoms with Crippen LogP contribution in [0.3, 0.4) is 0 Å². The number of fused-ring (bicyclic) bond motifs is 3. The quantitative estimate of drug-likeness (QED) is 0.640. The van der Waals surface area contributed by atoms with Gasteiger partial charge in [-0.25, -0.2) is 9.31 Å². The molecule has 2 heterocycles. The summed E-state index contributed by atoms with van der Waals surface area (Å²) in [5.41, 5.74) is -0.621. The number of carbonyl (C=O) groups is 2. The molecular weight excluding hydrogens is 360 g/mol. The Morgan fingerprint density at radius 1 is 1.32 bits per heavy atom. The predicted molar refractivity (Wildman–Crippen MR) is 103 cm³/mol. The number of nitrogens with one attached hydrogen (secondary N) is 2. The van der Waals surface area contributed by atoms with Gasteiger partial charge in [0, 0.05) is 0 Å². The van der Waals surface area contributed by atoms with Gasteiger partial charge in [-0.15, -0.1) is 0 Å². The van der Waals surface area contributed by atoms with Crippen molar-refractivity contribution in [3.8, 4) is 0 Å². The number of para-hydroxylation sites is 1. The number of amides is 1. The molecule has 3 aromatic rings. The molecule has 0 aliphatic heterocycles. The van der Waals surface area contributed by atoms with Gasteiger partial charge < -0.3 is 15.4 Å². The molecule has 1 aliphatic carbocycles. The third-order valence-electron chi connectivity index (χ3n) is 5.92. The van der Waals surface area contributed by atoms with Crippen LogP contribution < -0.4 is 10.9 Å². The molecule has 0 saturated heterocycles. The number of aliphatic carboxylic acids is 1. The Morgan fingerprint density at radius 3 is 2.71 bits per heavy atom. The van der Waals surface area contributed by atoms with Crippen molar-refractivity contribution in [1.82, 2.24) is 19.9 Å². The molecule has 1 aromatic carbocycles. The fourth-order valence-electron chi connectivity index (χ4n) is 4.10. The summed E-state index contributed by atoms with van der Waals surface area (Å²) in [6, 6.07) is 6.97. The van der Waals surface area contributed by atoms with E-state index in [0.717, 1.165) is 19.3 Å². The predicted octanol–water partition coefficient (Wildman–Crippen LogP) is 2.33. The Balaban J connectivity index is 1.71. The van der Waals surface area contributed by atoms with E-state index in [4.69, 9.17) is 0 Å². The number of carboxylic acids is 1. The molecule has 4 rings (SSSR count). The number of nitrogens with zero attached hydrogens (tertiary/aromatic N) is 2. The average Bonchev–Trinajstić information content (AvgIpc) is 3.12. The van der Waals surface area contributed by atoms with Crippen LogP contribution in [0.1, 0.15) is 49.4 Å². The number of aromatic nitrogens is 3. The fourth-order valence-corrected chi connectivity index (χ4v) is 4.10. The Bertz CT molecular complexity index is 1120. The Kier molecular flexibility index (Phi) is 4.41. The van der Waals surface area contributed by atoms with E-state index < -0.39 is 17.4 Å². The molecule has 0 spiro atoms. The highest BCUT2D eigenvalue weighted by Crippen LogP contribution is 2.34. The highest BCUT2D eigenvalue weighted by atomic mass is 16.4. The van der Waals surface area contributed by atoms with E-state index in [9.17, 15) is 19.5 Å². The van der Waals surface area contributed by atoms with Crippen molar-refractivity contribution in [2.24, 2.45) is 5.92 Å². The summed E-state index contributed by atoms with van der Waals surface area (Å²) in [6.45, 7) is 2.09. The summed E-state index contributed by atoms with van der Waals surface area (Å²) in [7, 11) is 0. The lowest BCUT2D eigenvalue weighted by molar-refractivity contribution is -0.146. The summed E-state index contributed by atoms with van der Waals surface area (Å²) in [6.07, 6.45) is 4.68. The highest BCUT2D eigenvalue weighted by Gasteiger charge is 2.43. The minimum absolute atomic E-state index is 0.154. The van der Waals surface area contributed by atoms with Crippen LogP contribution in [0, 0.1) is 5.92 Å². The van der Waals surface area contributed by atoms with Crippen molar-refractivity contribution in [3.05, 3.63) is 46.4 Å². The van der Waals surface area contributed by atoms with Crippen LogP contribution in [-0.2, 0) is 4.79 Å². The minimum atomic E-state index is -1.28. The summed E-state index contributed by atoms with van der Waals surface area (Å²) in [5.74, 6) is -1.08. The number of aromatic amines is 1. The molecule has 3 N–H and O–H groups in total. The minimum Gasteiger partial charge on any atom is -0.480 e. The Hall–Kier alpha value is -3.16. The van der Waals surface area contributed by atoms with E-state index in [1.165, 1.54) is 10.7 Å². The molecule has 0 atom stereocenters. The van der Waals surface area contributed by atoms with Gasteiger partial charge in [0.25, 0.3) is 11.5 Å². The summed E-state index contributed by atoms with van der Waals surface area (Å²) < 4.78 is 1.49. The van der Waals surface area contributed by atoms with Crippen LogP contribution in [0.15, 0.2) is 35.3 Å². The fraction of sp³-hybridized carbons (Fsp3) is 0.400. The molecule has 2 aromatic heterocycles. The van der Waals surface area contributed by atoms with Crippen molar-refractivity contribution in [2.75, 3.05) is 0 Å². The first kappa shape index (κ1) is 18.2. The number of hydrogen-bond acceptors (Lipinski definition) is 4. The maximum absolute atomic E-state index is 12.9. The molecule has 1 saturated carbocycles. The lowest BCUT2D eigenvalue weighted by Gasteiger charge is -2.37. The van der Waals surface area contributed by atoms with Gasteiger partial charge in [0.1, 0.15) is 16.7 Å². The topological polar surface area (TPSA) is 117 Å². The van der Waals surface area contributed by atoms with Crippen molar-refractivity contribution >= 4 is 28.4 Å². The second-order valence-corrected chi connectivity index (χ2v) is 7.48. The van der Waals surface area contributed by atoms with Gasteiger partial charge in [-0.3, -0.25) is 9.59 Å². The largest absolute Gasteiger partial charge is 0.480 e. The van der Waals surface area contributed by atoms with Gasteiger partial charge in [-0.2, -0.15) is 5.10 Å². The van der Waals surface area contributed by atoms with Crippen molar-refractivity contribution in [1.29, 1.82) is 0 Å². The Labute approximate surface area is 160 Å². The van der Waals surface area contributed by atoms with Crippen molar-refractivity contribution < 1.29 is 14.7 Å². The van der Waals surface area contributed by atoms with E-state index in [1.54, 1.807) is 24.3 Å². The lowest BCUT2D eigenvalue weighted by Crippen LogP contribution is -2.56. The van der Waals surface area contributed by atoms with Crippen LogP contribution in [0.5, 0.6) is 0 Å². The zero-order valence-electron chi connectivity index (χ0n) is 15.6. The first-order valence-electron chi connectivity index (χ1n) is 9.50. The number of carbonyl (C=O) groups excluding carboxylic acids is 1. The number of rotatable bonds is 4. The molecule has 28 heavy (non-hydrogen) atoms. The van der Waals surface area contributed by atoms with Gasteiger partial charge in [-0.05, 0) is 43.7 Å². The smallest absolute Gasteiger partial charge is 0.329 e. The van der Waals surface area contributed by atoms with E-state index in [-0.39, 0.29) is 16.8 Å². The van der Waals surface area contributed by atoms with Crippen molar-refractivity contribution in [3.63, 3.8) is 0 Å². The van der Waals surface area contributed by atoms with Crippen LogP contribution >= 0.6 is 0 Å². The highest BCUT2D eigenvalue weighted by molar-refractivity contribution is 6.03. The summed E-state index contributed by atoms with van der Waals surface area (Å²) >= 11 is 0. The van der Waals surface area contributed by atoms with Crippen LogP contribution in [0.2, 0.25) is 0 Å². The molecular formula is C20H22N4O4. The first-order valence-corrected chi connectivity index (χ1v) is 9.50. The third kappa shape index (κ3) is 2.85. The second kappa shape index (κ2) is 6.78. The molecule has 8 nitrogen and oxygen atoms in total. The van der Waals surface area contributed by atoms with Gasteiger partial charge in [0.2, 0.25) is 0 Å². The molecule has 1 aliphatic rings. The van der Waals surface area contributed by atoms with E-state index in [0.29, 0.717) is 29.7 Å². The monoisotopic (exact) mass is 382 g/mol. The van der Waals surface area contributed by atoms with Gasteiger partial charge in [-0.1, -0.05) is 25.5 Å². The third-order valence-corrected chi connectivity index (χ3v) is 5.92. The molecule has 1 amide bonds. The van der Waals surface area contributed by atoms with E-state index >= 15 is 0 Å².